The van der Waals surface area contributed by atoms with Gasteiger partial charge in [0.15, 0.2) is 5.96 Å². The number of nitrogens with zero attached hydrogens (tertiary/aromatic N) is 4. The number of hydrogen-bond acceptors (Lipinski definition) is 4. The van der Waals surface area contributed by atoms with Crippen LogP contribution in [0.4, 0.5) is 0 Å². The molecule has 2 atom stereocenters. The molecule has 7 nitrogen and oxygen atoms in total. The van der Waals surface area contributed by atoms with E-state index in [2.05, 4.69) is 69.0 Å². The van der Waals surface area contributed by atoms with Crippen molar-refractivity contribution in [1.82, 2.24) is 25.1 Å². The lowest BCUT2D eigenvalue weighted by atomic mass is 10.2. The van der Waals surface area contributed by atoms with Gasteiger partial charge in [-0.1, -0.05) is 12.1 Å². The summed E-state index contributed by atoms with van der Waals surface area (Å²) in [6, 6.07) is 8.32. The van der Waals surface area contributed by atoms with Gasteiger partial charge < -0.3 is 19.9 Å². The van der Waals surface area contributed by atoms with Crippen molar-refractivity contribution >= 4 is 17.0 Å². The highest BCUT2D eigenvalue weighted by atomic mass is 16.5. The Morgan fingerprint density at radius 2 is 1.76 bits per heavy atom. The van der Waals surface area contributed by atoms with Gasteiger partial charge >= 0.3 is 0 Å². The highest BCUT2D eigenvalue weighted by molar-refractivity contribution is 5.79. The standard InChI is InChI=1S/C22H36N6O/c1-17-15-27(16-18(2)29-17)13-7-11-24-22(23-4)25-12-8-14-28-19(3)26-20-9-5-6-10-21(20)28/h5-6,9-10,17-18H,7-8,11-16H2,1-4H3,(H2,23,24,25). The first-order chi connectivity index (χ1) is 14.1. The third kappa shape index (κ3) is 6.18. The number of imidazole rings is 1. The Kier molecular flexibility index (Phi) is 7.89. The molecule has 2 N–H and O–H groups in total. The summed E-state index contributed by atoms with van der Waals surface area (Å²) in [6.45, 7) is 12.3. The molecule has 1 aliphatic heterocycles. The number of para-hydroxylation sites is 2. The predicted molar refractivity (Wildman–Crippen MR) is 120 cm³/mol. The molecule has 1 fully saturated rings. The van der Waals surface area contributed by atoms with Gasteiger partial charge in [-0.3, -0.25) is 9.89 Å². The van der Waals surface area contributed by atoms with Crippen molar-refractivity contribution in [2.75, 3.05) is 39.8 Å². The zero-order chi connectivity index (χ0) is 20.6. The summed E-state index contributed by atoms with van der Waals surface area (Å²) in [6.07, 6.45) is 2.78. The van der Waals surface area contributed by atoms with Gasteiger partial charge in [0.05, 0.1) is 23.2 Å². The lowest BCUT2D eigenvalue weighted by Crippen LogP contribution is -2.46. The zero-order valence-electron chi connectivity index (χ0n) is 18.3. The van der Waals surface area contributed by atoms with Gasteiger partial charge in [-0.15, -0.1) is 0 Å². The van der Waals surface area contributed by atoms with Crippen LogP contribution < -0.4 is 10.6 Å². The molecule has 0 amide bonds. The van der Waals surface area contributed by atoms with Crippen LogP contribution in [-0.4, -0.2) is 72.4 Å². The van der Waals surface area contributed by atoms with E-state index in [1.165, 1.54) is 5.52 Å². The Bertz CT molecular complexity index is 792. The molecular formula is C22H36N6O. The van der Waals surface area contributed by atoms with Crippen molar-refractivity contribution in [2.24, 2.45) is 4.99 Å². The molecule has 0 aliphatic carbocycles. The number of fused-ring (bicyclic) bond motifs is 1. The average molecular weight is 401 g/mol. The fourth-order valence-corrected chi connectivity index (χ4v) is 4.12. The molecule has 0 spiro atoms. The average Bonchev–Trinajstić information content (AvgIpc) is 3.01. The van der Waals surface area contributed by atoms with E-state index in [1.54, 1.807) is 0 Å². The van der Waals surface area contributed by atoms with Gasteiger partial charge in [0.1, 0.15) is 5.82 Å². The topological polar surface area (TPSA) is 66.7 Å². The van der Waals surface area contributed by atoms with Gasteiger partial charge in [0.2, 0.25) is 0 Å². The number of guanidine groups is 1. The molecule has 0 radical (unpaired) electrons. The van der Waals surface area contributed by atoms with E-state index >= 15 is 0 Å². The van der Waals surface area contributed by atoms with Crippen molar-refractivity contribution in [2.45, 2.75) is 52.4 Å². The largest absolute Gasteiger partial charge is 0.373 e. The van der Waals surface area contributed by atoms with Crippen molar-refractivity contribution in [3.63, 3.8) is 0 Å². The van der Waals surface area contributed by atoms with E-state index in [9.17, 15) is 0 Å². The molecule has 2 aromatic rings. The van der Waals surface area contributed by atoms with Crippen LogP contribution in [-0.2, 0) is 11.3 Å². The van der Waals surface area contributed by atoms with Crippen LogP contribution in [0, 0.1) is 6.92 Å². The van der Waals surface area contributed by atoms with Gasteiger partial charge in [0.25, 0.3) is 0 Å². The molecule has 1 saturated heterocycles. The molecule has 0 saturated carbocycles. The quantitative estimate of drug-likeness (QED) is 0.405. The second-order valence-electron chi connectivity index (χ2n) is 7.95. The Morgan fingerprint density at radius 1 is 1.10 bits per heavy atom. The first-order valence-electron chi connectivity index (χ1n) is 10.8. The summed E-state index contributed by atoms with van der Waals surface area (Å²) in [5.41, 5.74) is 2.28. The third-order valence-corrected chi connectivity index (χ3v) is 5.36. The van der Waals surface area contributed by atoms with Crippen molar-refractivity contribution in [1.29, 1.82) is 0 Å². The fraction of sp³-hybridized carbons (Fsp3) is 0.636. The van der Waals surface area contributed by atoms with E-state index in [0.717, 1.165) is 69.4 Å². The summed E-state index contributed by atoms with van der Waals surface area (Å²) in [5.74, 6) is 1.95. The van der Waals surface area contributed by atoms with Crippen LogP contribution in [0.5, 0.6) is 0 Å². The lowest BCUT2D eigenvalue weighted by Gasteiger charge is -2.35. The highest BCUT2D eigenvalue weighted by Gasteiger charge is 2.21. The summed E-state index contributed by atoms with van der Waals surface area (Å²) in [5, 5.41) is 6.85. The Labute approximate surface area is 174 Å². The molecule has 29 heavy (non-hydrogen) atoms. The van der Waals surface area contributed by atoms with E-state index in [-0.39, 0.29) is 0 Å². The second kappa shape index (κ2) is 10.6. The predicted octanol–water partition coefficient (Wildman–Crippen LogP) is 2.40. The maximum Gasteiger partial charge on any atom is 0.190 e. The lowest BCUT2D eigenvalue weighted by molar-refractivity contribution is -0.0679. The number of benzene rings is 1. The van der Waals surface area contributed by atoms with Crippen molar-refractivity contribution in [3.05, 3.63) is 30.1 Å². The minimum absolute atomic E-state index is 0.331. The summed E-state index contributed by atoms with van der Waals surface area (Å²) >= 11 is 0. The van der Waals surface area contributed by atoms with E-state index in [0.29, 0.717) is 12.2 Å². The van der Waals surface area contributed by atoms with Gasteiger partial charge in [0, 0.05) is 46.3 Å². The number of aryl methyl sites for hydroxylation is 2. The van der Waals surface area contributed by atoms with E-state index in [4.69, 9.17) is 4.74 Å². The number of ether oxygens (including phenoxy) is 1. The molecular weight excluding hydrogens is 364 g/mol. The maximum atomic E-state index is 5.80. The van der Waals surface area contributed by atoms with Crippen LogP contribution in [0.2, 0.25) is 0 Å². The van der Waals surface area contributed by atoms with Gasteiger partial charge in [-0.25, -0.2) is 4.98 Å². The maximum absolute atomic E-state index is 5.80. The van der Waals surface area contributed by atoms with Crippen LogP contribution in [0.15, 0.2) is 29.3 Å². The monoisotopic (exact) mass is 400 g/mol. The molecule has 2 heterocycles. The molecule has 2 unspecified atom stereocenters. The second-order valence-corrected chi connectivity index (χ2v) is 7.95. The minimum Gasteiger partial charge on any atom is -0.373 e. The molecule has 1 aromatic carbocycles. The fourth-order valence-electron chi connectivity index (χ4n) is 4.12. The molecule has 1 aromatic heterocycles. The highest BCUT2D eigenvalue weighted by Crippen LogP contribution is 2.15. The Balaban J connectivity index is 1.34. The molecule has 7 heteroatoms. The number of rotatable bonds is 8. The SMILES string of the molecule is CN=C(NCCCN1CC(C)OC(C)C1)NCCCn1c(C)nc2ccccc21. The number of hydrogen-bond donors (Lipinski definition) is 2. The Morgan fingerprint density at radius 3 is 2.45 bits per heavy atom. The third-order valence-electron chi connectivity index (χ3n) is 5.36. The molecule has 0 bridgehead atoms. The van der Waals surface area contributed by atoms with Crippen LogP contribution >= 0.6 is 0 Å². The number of aromatic nitrogens is 2. The summed E-state index contributed by atoms with van der Waals surface area (Å²) < 4.78 is 8.09. The normalized spacial score (nSPS) is 20.9. The van der Waals surface area contributed by atoms with Gasteiger partial charge in [-0.05, 0) is 45.7 Å². The number of aliphatic imine (C=N–C) groups is 1. The zero-order valence-corrected chi connectivity index (χ0v) is 18.3. The smallest absolute Gasteiger partial charge is 0.190 e. The number of morpholine rings is 1. The molecule has 3 rings (SSSR count). The first-order valence-corrected chi connectivity index (χ1v) is 10.8. The van der Waals surface area contributed by atoms with E-state index in [1.807, 2.05) is 13.1 Å². The van der Waals surface area contributed by atoms with Crippen LogP contribution in [0.3, 0.4) is 0 Å². The van der Waals surface area contributed by atoms with Crippen molar-refractivity contribution < 1.29 is 4.74 Å². The van der Waals surface area contributed by atoms with Crippen LogP contribution in [0.1, 0.15) is 32.5 Å². The molecule has 1 aliphatic rings. The first kappa shape index (κ1) is 21.6. The van der Waals surface area contributed by atoms with Gasteiger partial charge in [-0.2, -0.15) is 0 Å². The van der Waals surface area contributed by atoms with E-state index < -0.39 is 0 Å². The van der Waals surface area contributed by atoms with Crippen molar-refractivity contribution in [3.8, 4) is 0 Å². The molecule has 160 valence electrons. The Hall–Kier alpha value is -2.12. The minimum atomic E-state index is 0.331. The van der Waals surface area contributed by atoms with Crippen LogP contribution in [0.25, 0.3) is 11.0 Å². The summed E-state index contributed by atoms with van der Waals surface area (Å²) in [7, 11) is 1.83. The summed E-state index contributed by atoms with van der Waals surface area (Å²) in [4.78, 5) is 11.5. The number of nitrogens with one attached hydrogen (secondary N) is 2.